The molecule has 1 N–H and O–H groups in total. The van der Waals surface area contributed by atoms with Crippen LogP contribution in [-0.4, -0.2) is 24.3 Å². The van der Waals surface area contributed by atoms with Gasteiger partial charge in [-0.1, -0.05) is 30.3 Å². The molecule has 28 heavy (non-hydrogen) atoms. The van der Waals surface area contributed by atoms with Crippen molar-refractivity contribution >= 4 is 17.3 Å². The van der Waals surface area contributed by atoms with Gasteiger partial charge in [0.15, 0.2) is 0 Å². The molecule has 1 heterocycles. The quantitative estimate of drug-likeness (QED) is 0.503. The molecule has 0 bridgehead atoms. The van der Waals surface area contributed by atoms with Crippen LogP contribution in [-0.2, 0) is 11.2 Å². The van der Waals surface area contributed by atoms with E-state index in [0.29, 0.717) is 25.4 Å². The first kappa shape index (κ1) is 20.0. The van der Waals surface area contributed by atoms with E-state index in [4.69, 9.17) is 9.47 Å². The second kappa shape index (κ2) is 9.42. The van der Waals surface area contributed by atoms with Gasteiger partial charge in [-0.3, -0.25) is 4.79 Å². The number of thiophene rings is 1. The first-order chi connectivity index (χ1) is 13.5. The molecular formula is C23H24O4S. The summed E-state index contributed by atoms with van der Waals surface area (Å²) in [6.07, 6.45) is 0.393. The number of rotatable bonds is 9. The number of aryl methyl sites for hydroxylation is 2. The van der Waals surface area contributed by atoms with Crippen molar-refractivity contribution in [1.29, 1.82) is 0 Å². The molecule has 1 atom stereocenters. The number of hydrogen-bond donors (Lipinski definition) is 1. The van der Waals surface area contributed by atoms with Crippen molar-refractivity contribution < 1.29 is 19.4 Å². The van der Waals surface area contributed by atoms with Crippen molar-refractivity contribution in [3.8, 4) is 11.5 Å². The van der Waals surface area contributed by atoms with Gasteiger partial charge in [0, 0.05) is 4.88 Å². The molecule has 3 aromatic rings. The molecule has 3 rings (SSSR count). The van der Waals surface area contributed by atoms with Crippen LogP contribution in [0.1, 0.15) is 27.5 Å². The average molecular weight is 397 g/mol. The number of carbonyl (C=O) groups is 1. The zero-order valence-electron chi connectivity index (χ0n) is 16.1. The van der Waals surface area contributed by atoms with Crippen molar-refractivity contribution in [2.75, 3.05) is 13.2 Å². The number of aliphatic carboxylic acids is 1. The number of carboxylic acid groups (broad SMARTS) is 1. The summed E-state index contributed by atoms with van der Waals surface area (Å²) in [6.45, 7) is 4.89. The number of carboxylic acids is 1. The van der Waals surface area contributed by atoms with Crippen LogP contribution in [0.4, 0.5) is 0 Å². The van der Waals surface area contributed by atoms with Gasteiger partial charge >= 0.3 is 5.97 Å². The van der Waals surface area contributed by atoms with E-state index in [2.05, 4.69) is 6.07 Å². The standard InChI is InChI=1S/C23H24O4S/c1-16-12-17(2)14-19(13-16)26-9-10-27-21-7-4-3-6-18(21)15-20(23(24)25)22-8-5-11-28-22/h3-8,11-14,20H,9-10,15H2,1-2H3,(H,24,25). The molecule has 4 nitrogen and oxygen atoms in total. The fraction of sp³-hybridized carbons (Fsp3) is 0.261. The molecule has 0 amide bonds. The molecule has 1 unspecified atom stereocenters. The van der Waals surface area contributed by atoms with Crippen LogP contribution in [0.25, 0.3) is 0 Å². The lowest BCUT2D eigenvalue weighted by atomic mass is 9.97. The normalized spacial score (nSPS) is 11.8. The molecule has 0 aliphatic rings. The van der Waals surface area contributed by atoms with E-state index in [1.165, 1.54) is 11.3 Å². The van der Waals surface area contributed by atoms with Gasteiger partial charge in [0.05, 0.1) is 5.92 Å². The maximum absolute atomic E-state index is 11.7. The SMILES string of the molecule is Cc1cc(C)cc(OCCOc2ccccc2CC(C(=O)O)c2cccs2)c1. The third-order valence-electron chi connectivity index (χ3n) is 4.39. The highest BCUT2D eigenvalue weighted by atomic mass is 32.1. The summed E-state index contributed by atoms with van der Waals surface area (Å²) in [5.74, 6) is 0.138. The minimum absolute atomic E-state index is 0.390. The summed E-state index contributed by atoms with van der Waals surface area (Å²) in [7, 11) is 0. The predicted octanol–water partition coefficient (Wildman–Crippen LogP) is 5.23. The molecule has 0 spiro atoms. The van der Waals surface area contributed by atoms with E-state index in [0.717, 1.165) is 27.3 Å². The molecule has 0 aliphatic heterocycles. The summed E-state index contributed by atoms with van der Waals surface area (Å²) in [4.78, 5) is 12.6. The monoisotopic (exact) mass is 396 g/mol. The van der Waals surface area contributed by atoms with Crippen molar-refractivity contribution in [3.63, 3.8) is 0 Å². The van der Waals surface area contributed by atoms with Gasteiger partial charge in [-0.15, -0.1) is 11.3 Å². The Morgan fingerprint density at radius 3 is 2.39 bits per heavy atom. The third-order valence-corrected chi connectivity index (χ3v) is 5.37. The second-order valence-electron chi connectivity index (χ2n) is 6.74. The molecule has 5 heteroatoms. The summed E-state index contributed by atoms with van der Waals surface area (Å²) in [6, 6.07) is 17.4. The summed E-state index contributed by atoms with van der Waals surface area (Å²) in [5, 5.41) is 11.5. The van der Waals surface area contributed by atoms with Crippen molar-refractivity contribution in [1.82, 2.24) is 0 Å². The summed E-state index contributed by atoms with van der Waals surface area (Å²) in [5.41, 5.74) is 3.21. The third kappa shape index (κ3) is 5.36. The molecular weight excluding hydrogens is 372 g/mol. The van der Waals surface area contributed by atoms with E-state index in [1.54, 1.807) is 0 Å². The van der Waals surface area contributed by atoms with Gasteiger partial charge in [0.25, 0.3) is 0 Å². The van der Waals surface area contributed by atoms with E-state index in [-0.39, 0.29) is 0 Å². The largest absolute Gasteiger partial charge is 0.490 e. The smallest absolute Gasteiger partial charge is 0.312 e. The van der Waals surface area contributed by atoms with Gasteiger partial charge in [0.1, 0.15) is 24.7 Å². The minimum Gasteiger partial charge on any atom is -0.490 e. The maximum Gasteiger partial charge on any atom is 0.312 e. The molecule has 0 saturated carbocycles. The fourth-order valence-corrected chi connectivity index (χ4v) is 3.98. The highest BCUT2D eigenvalue weighted by Gasteiger charge is 2.22. The number of para-hydroxylation sites is 1. The molecule has 146 valence electrons. The zero-order chi connectivity index (χ0) is 19.9. The van der Waals surface area contributed by atoms with Gasteiger partial charge < -0.3 is 14.6 Å². The lowest BCUT2D eigenvalue weighted by molar-refractivity contribution is -0.138. The van der Waals surface area contributed by atoms with Crippen LogP contribution in [0.15, 0.2) is 60.0 Å². The molecule has 0 aliphatic carbocycles. The Hall–Kier alpha value is -2.79. The van der Waals surface area contributed by atoms with Crippen LogP contribution in [0.5, 0.6) is 11.5 Å². The summed E-state index contributed by atoms with van der Waals surface area (Å²) < 4.78 is 11.7. The first-order valence-corrected chi connectivity index (χ1v) is 10.1. The predicted molar refractivity (Wildman–Crippen MR) is 112 cm³/mol. The molecule has 2 aromatic carbocycles. The Morgan fingerprint density at radius 2 is 1.71 bits per heavy atom. The Labute approximate surface area is 169 Å². The summed E-state index contributed by atoms with van der Waals surface area (Å²) >= 11 is 1.46. The molecule has 0 saturated heterocycles. The van der Waals surface area contributed by atoms with Crippen LogP contribution in [0.2, 0.25) is 0 Å². The van der Waals surface area contributed by atoms with E-state index in [9.17, 15) is 9.90 Å². The van der Waals surface area contributed by atoms with Crippen LogP contribution >= 0.6 is 11.3 Å². The number of hydrogen-bond acceptors (Lipinski definition) is 4. The fourth-order valence-electron chi connectivity index (χ4n) is 3.16. The lowest BCUT2D eigenvalue weighted by Gasteiger charge is -2.15. The van der Waals surface area contributed by atoms with E-state index in [1.807, 2.05) is 67.8 Å². The maximum atomic E-state index is 11.7. The van der Waals surface area contributed by atoms with Gasteiger partial charge in [-0.05, 0) is 66.6 Å². The van der Waals surface area contributed by atoms with E-state index >= 15 is 0 Å². The molecule has 0 radical (unpaired) electrons. The van der Waals surface area contributed by atoms with Crippen LogP contribution < -0.4 is 9.47 Å². The highest BCUT2D eigenvalue weighted by molar-refractivity contribution is 7.10. The van der Waals surface area contributed by atoms with E-state index < -0.39 is 11.9 Å². The average Bonchev–Trinajstić information content (AvgIpc) is 3.17. The van der Waals surface area contributed by atoms with Gasteiger partial charge in [0.2, 0.25) is 0 Å². The Bertz CT molecular complexity index is 898. The Kier molecular flexibility index (Phi) is 6.71. The Morgan fingerprint density at radius 1 is 1.00 bits per heavy atom. The van der Waals surface area contributed by atoms with Gasteiger partial charge in [-0.2, -0.15) is 0 Å². The topological polar surface area (TPSA) is 55.8 Å². The molecule has 1 aromatic heterocycles. The lowest BCUT2D eigenvalue weighted by Crippen LogP contribution is -2.15. The second-order valence-corrected chi connectivity index (χ2v) is 7.72. The van der Waals surface area contributed by atoms with Crippen molar-refractivity contribution in [3.05, 3.63) is 81.5 Å². The number of ether oxygens (including phenoxy) is 2. The zero-order valence-corrected chi connectivity index (χ0v) is 16.9. The van der Waals surface area contributed by atoms with Crippen LogP contribution in [0, 0.1) is 13.8 Å². The number of benzene rings is 2. The minimum atomic E-state index is -0.824. The highest BCUT2D eigenvalue weighted by Crippen LogP contribution is 2.29. The van der Waals surface area contributed by atoms with Crippen molar-refractivity contribution in [2.24, 2.45) is 0 Å². The first-order valence-electron chi connectivity index (χ1n) is 9.21. The Balaban J connectivity index is 1.61. The van der Waals surface area contributed by atoms with Gasteiger partial charge in [-0.25, -0.2) is 0 Å². The van der Waals surface area contributed by atoms with Crippen molar-refractivity contribution in [2.45, 2.75) is 26.2 Å². The molecule has 0 fully saturated rings. The van der Waals surface area contributed by atoms with Crippen LogP contribution in [0.3, 0.4) is 0 Å².